The minimum Gasteiger partial charge on any atom is -0.439 e. The molecular weight excluding hydrogens is 498 g/mol. The fraction of sp³-hybridized carbons (Fsp3) is 0.522. The molecule has 0 unspecified atom stereocenters. The second-order valence-electron chi connectivity index (χ2n) is 8.11. The largest absolute Gasteiger partial charge is 0.439 e. The molecule has 180 valence electrons. The first-order chi connectivity index (χ1) is 15.7. The number of hydrogen-bond donors (Lipinski definition) is 2. The normalized spacial score (nSPS) is 28.5. The Hall–Kier alpha value is -2.11. The molecule has 0 saturated carbocycles. The van der Waals surface area contributed by atoms with Crippen LogP contribution >= 0.6 is 15.9 Å². The number of hydrogen-bond acceptors (Lipinski definition) is 8. The van der Waals surface area contributed by atoms with Gasteiger partial charge in [0.05, 0.1) is 29.7 Å². The number of halogens is 1. The van der Waals surface area contributed by atoms with Crippen LogP contribution in [0.15, 0.2) is 40.9 Å². The van der Waals surface area contributed by atoms with Gasteiger partial charge in [-0.15, -0.1) is 0 Å². The van der Waals surface area contributed by atoms with E-state index in [2.05, 4.69) is 15.9 Å². The number of amides is 2. The highest BCUT2D eigenvalue weighted by atomic mass is 79.9. The zero-order valence-electron chi connectivity index (χ0n) is 18.5. The molecule has 3 rings (SSSR count). The molecule has 33 heavy (non-hydrogen) atoms. The van der Waals surface area contributed by atoms with E-state index in [1.54, 1.807) is 6.92 Å². The summed E-state index contributed by atoms with van der Waals surface area (Å²) in [6.45, 7) is 3.53. The summed E-state index contributed by atoms with van der Waals surface area (Å²) in [6, 6.07) is 8.51. The fourth-order valence-electron chi connectivity index (χ4n) is 3.95. The van der Waals surface area contributed by atoms with Gasteiger partial charge in [-0.1, -0.05) is 37.3 Å². The molecule has 2 heterocycles. The summed E-state index contributed by atoms with van der Waals surface area (Å²) in [5, 5.41) is 19.7. The summed E-state index contributed by atoms with van der Waals surface area (Å²) in [5.41, 5.74) is 0.760. The molecule has 9 nitrogen and oxygen atoms in total. The molecule has 2 amide bonds. The third kappa shape index (κ3) is 5.52. The predicted octanol–water partition coefficient (Wildman–Crippen LogP) is 2.46. The van der Waals surface area contributed by atoms with Crippen LogP contribution in [0.3, 0.4) is 0 Å². The van der Waals surface area contributed by atoms with Crippen molar-refractivity contribution in [1.29, 1.82) is 0 Å². The number of ether oxygens (including phenoxy) is 3. The summed E-state index contributed by atoms with van der Waals surface area (Å²) in [6.07, 6.45) is -1.01. The van der Waals surface area contributed by atoms with Gasteiger partial charge in [-0.2, -0.15) is 0 Å². The van der Waals surface area contributed by atoms with Crippen molar-refractivity contribution in [2.75, 3.05) is 19.8 Å². The van der Waals surface area contributed by atoms with Gasteiger partial charge in [0.2, 0.25) is 5.91 Å². The highest BCUT2D eigenvalue weighted by molar-refractivity contribution is 9.11. The summed E-state index contributed by atoms with van der Waals surface area (Å²) in [5.74, 6) is -3.98. The second-order valence-corrected chi connectivity index (χ2v) is 8.96. The Balaban J connectivity index is 1.71. The molecule has 0 bridgehead atoms. The average molecular weight is 526 g/mol. The topological polar surface area (TPSA) is 123 Å². The zero-order valence-corrected chi connectivity index (χ0v) is 20.1. The van der Waals surface area contributed by atoms with Crippen molar-refractivity contribution < 1.29 is 38.8 Å². The van der Waals surface area contributed by atoms with E-state index in [1.807, 2.05) is 30.3 Å². The monoisotopic (exact) mass is 525 g/mol. The minimum atomic E-state index is -1.82. The standard InChI is InChI=1S/C23H28BrNO8/c1-14(19-17(27)13-18(24)23(30,33-19)9-6-11-31-12-10-26)21(28)25-15(2)20(32-22(25)29)16-7-4-3-5-8-16/h3-5,7-8,13-15,19-20,26,30H,6,9-12H2,1-2H3/t14-,15-,19+,20-,23+/m1/s1. The maximum atomic E-state index is 13.2. The van der Waals surface area contributed by atoms with Crippen LogP contribution in [0.1, 0.15) is 38.4 Å². The Morgan fingerprint density at radius 2 is 1.97 bits per heavy atom. The number of imide groups is 1. The molecular formula is C23H28BrNO8. The second kappa shape index (κ2) is 10.9. The van der Waals surface area contributed by atoms with Crippen LogP contribution in [0.4, 0.5) is 4.79 Å². The number of nitrogens with zero attached hydrogens (tertiary/aromatic N) is 1. The van der Waals surface area contributed by atoms with Gasteiger partial charge >= 0.3 is 6.09 Å². The van der Waals surface area contributed by atoms with E-state index in [-0.39, 0.29) is 30.7 Å². The van der Waals surface area contributed by atoms with Gasteiger partial charge in [0.25, 0.3) is 0 Å². The molecule has 10 heteroatoms. The van der Waals surface area contributed by atoms with Crippen LogP contribution < -0.4 is 0 Å². The lowest BCUT2D eigenvalue weighted by atomic mass is 9.93. The van der Waals surface area contributed by atoms with Crippen LogP contribution in [-0.4, -0.2) is 70.7 Å². The lowest BCUT2D eigenvalue weighted by molar-refractivity contribution is -0.217. The first-order valence-corrected chi connectivity index (χ1v) is 11.6. The van der Waals surface area contributed by atoms with Crippen molar-refractivity contribution in [2.24, 2.45) is 5.92 Å². The molecule has 2 aliphatic rings. The van der Waals surface area contributed by atoms with Gasteiger partial charge in [0.1, 0.15) is 12.2 Å². The molecule has 0 aromatic heterocycles. The van der Waals surface area contributed by atoms with E-state index < -0.39 is 47.7 Å². The van der Waals surface area contributed by atoms with E-state index in [0.717, 1.165) is 10.5 Å². The molecule has 0 radical (unpaired) electrons. The summed E-state index contributed by atoms with van der Waals surface area (Å²) in [4.78, 5) is 39.4. The fourth-order valence-corrected chi connectivity index (χ4v) is 4.46. The minimum absolute atomic E-state index is 0.0957. The van der Waals surface area contributed by atoms with Gasteiger partial charge < -0.3 is 24.4 Å². The van der Waals surface area contributed by atoms with Gasteiger partial charge in [0.15, 0.2) is 11.6 Å². The van der Waals surface area contributed by atoms with Crippen LogP contribution in [0, 0.1) is 5.92 Å². The van der Waals surface area contributed by atoms with E-state index in [4.69, 9.17) is 19.3 Å². The summed E-state index contributed by atoms with van der Waals surface area (Å²) >= 11 is 3.18. The zero-order chi connectivity index (χ0) is 24.2. The van der Waals surface area contributed by atoms with E-state index >= 15 is 0 Å². The number of rotatable bonds is 9. The smallest absolute Gasteiger partial charge is 0.417 e. The SMILES string of the molecule is C[C@@H]1[C@H](c2ccccc2)OC(=O)N1C(=O)[C@H](C)[C@@H]1O[C@@](O)(CCCOCCO)C(Br)=CC1=O. The van der Waals surface area contributed by atoms with Gasteiger partial charge in [-0.25, -0.2) is 9.69 Å². The molecule has 0 aliphatic carbocycles. The number of ketones is 1. The number of benzene rings is 1. The first-order valence-electron chi connectivity index (χ1n) is 10.8. The maximum absolute atomic E-state index is 13.2. The maximum Gasteiger partial charge on any atom is 0.417 e. The van der Waals surface area contributed by atoms with Crippen LogP contribution in [0.2, 0.25) is 0 Å². The lowest BCUT2D eigenvalue weighted by Gasteiger charge is -2.37. The lowest BCUT2D eigenvalue weighted by Crippen LogP contribution is -2.52. The third-order valence-corrected chi connectivity index (χ3v) is 6.61. The Kier molecular flexibility index (Phi) is 8.41. The Morgan fingerprint density at radius 1 is 1.27 bits per heavy atom. The molecule has 1 aromatic carbocycles. The summed E-state index contributed by atoms with van der Waals surface area (Å²) < 4.78 is 16.5. The number of cyclic esters (lactones) is 1. The van der Waals surface area contributed by atoms with E-state index in [1.165, 1.54) is 13.0 Å². The van der Waals surface area contributed by atoms with Crippen LogP contribution in [0.25, 0.3) is 0 Å². The Bertz CT molecular complexity index is 907. The van der Waals surface area contributed by atoms with Gasteiger partial charge in [0, 0.05) is 13.0 Å². The van der Waals surface area contributed by atoms with E-state index in [0.29, 0.717) is 6.42 Å². The van der Waals surface area contributed by atoms with Gasteiger partial charge in [-0.05, 0) is 40.9 Å². The van der Waals surface area contributed by atoms with Crippen LogP contribution in [0.5, 0.6) is 0 Å². The van der Waals surface area contributed by atoms with E-state index in [9.17, 15) is 19.5 Å². The first kappa shape index (κ1) is 25.5. The average Bonchev–Trinajstić information content (AvgIpc) is 3.10. The predicted molar refractivity (Wildman–Crippen MR) is 120 cm³/mol. The number of carbonyl (C=O) groups excluding carboxylic acids is 3. The van der Waals surface area contributed by atoms with Gasteiger partial charge in [-0.3, -0.25) is 9.59 Å². The van der Waals surface area contributed by atoms with Crippen molar-refractivity contribution in [2.45, 2.75) is 50.7 Å². The van der Waals surface area contributed by atoms with Crippen molar-refractivity contribution in [3.8, 4) is 0 Å². The molecule has 1 fully saturated rings. The number of aliphatic hydroxyl groups excluding tert-OH is 1. The van der Waals surface area contributed by atoms with Crippen molar-refractivity contribution >= 4 is 33.7 Å². The summed E-state index contributed by atoms with van der Waals surface area (Å²) in [7, 11) is 0. The third-order valence-electron chi connectivity index (χ3n) is 5.76. The number of carbonyl (C=O) groups is 3. The Morgan fingerprint density at radius 3 is 2.64 bits per heavy atom. The van der Waals surface area contributed by atoms with Crippen LogP contribution in [-0.2, 0) is 23.8 Å². The quantitative estimate of drug-likeness (QED) is 0.471. The molecule has 5 atom stereocenters. The molecule has 1 aromatic rings. The highest BCUT2D eigenvalue weighted by Gasteiger charge is 2.49. The number of aliphatic hydroxyl groups is 2. The molecule has 2 N–H and O–H groups in total. The Labute approximate surface area is 200 Å². The highest BCUT2D eigenvalue weighted by Crippen LogP contribution is 2.38. The van der Waals surface area contributed by atoms with Crippen molar-refractivity contribution in [3.63, 3.8) is 0 Å². The molecule has 2 aliphatic heterocycles. The molecule has 1 saturated heterocycles. The van der Waals surface area contributed by atoms with Crippen molar-refractivity contribution in [3.05, 3.63) is 46.5 Å². The molecule has 0 spiro atoms. The van der Waals surface area contributed by atoms with Crippen molar-refractivity contribution in [1.82, 2.24) is 4.90 Å².